The van der Waals surface area contributed by atoms with Crippen LogP contribution >= 0.6 is 0 Å². The first-order valence-electron chi connectivity index (χ1n) is 5.10. The lowest BCUT2D eigenvalue weighted by Crippen LogP contribution is -2.10. The van der Waals surface area contributed by atoms with Gasteiger partial charge in [0.2, 0.25) is 0 Å². The van der Waals surface area contributed by atoms with E-state index in [1.807, 2.05) is 0 Å². The van der Waals surface area contributed by atoms with Crippen LogP contribution < -0.4 is 0 Å². The molecule has 1 saturated carbocycles. The third-order valence-electron chi connectivity index (χ3n) is 3.49. The third kappa shape index (κ3) is 1.35. The molecule has 2 bridgehead atoms. The molecule has 0 radical (unpaired) electrons. The van der Waals surface area contributed by atoms with Crippen molar-refractivity contribution >= 4 is 0 Å². The van der Waals surface area contributed by atoms with Gasteiger partial charge >= 0.3 is 0 Å². The summed E-state index contributed by atoms with van der Waals surface area (Å²) in [5, 5.41) is 0. The van der Waals surface area contributed by atoms with Crippen molar-refractivity contribution in [1.29, 1.82) is 0 Å². The van der Waals surface area contributed by atoms with Gasteiger partial charge in [0.25, 0.3) is 0 Å². The number of allylic oxidation sites excluding steroid dienone is 3. The number of hydrogen-bond donors (Lipinski definition) is 0. The molecule has 12 heavy (non-hydrogen) atoms. The molecular formula is C12H18. The van der Waals surface area contributed by atoms with E-state index in [0.29, 0.717) is 5.92 Å². The lowest BCUT2D eigenvalue weighted by Gasteiger charge is -2.19. The molecule has 0 aromatic rings. The predicted octanol–water partition coefficient (Wildman–Crippen LogP) is 3.41. The second-order valence-corrected chi connectivity index (χ2v) is 4.49. The highest BCUT2D eigenvalue weighted by Gasteiger charge is 2.35. The van der Waals surface area contributed by atoms with E-state index in [0.717, 1.165) is 17.8 Å². The molecule has 4 atom stereocenters. The minimum Gasteiger partial charge on any atom is -0.103 e. The summed E-state index contributed by atoms with van der Waals surface area (Å²) < 4.78 is 0. The van der Waals surface area contributed by atoms with E-state index < -0.39 is 0 Å². The number of rotatable bonds is 3. The highest BCUT2D eigenvalue weighted by molar-refractivity contribution is 5.10. The van der Waals surface area contributed by atoms with E-state index in [1.54, 1.807) is 0 Å². The molecule has 0 aromatic heterocycles. The monoisotopic (exact) mass is 162 g/mol. The fraction of sp³-hybridized carbons (Fsp3) is 0.667. The van der Waals surface area contributed by atoms with E-state index in [2.05, 4.69) is 31.7 Å². The average Bonchev–Trinajstić information content (AvgIpc) is 2.64. The fourth-order valence-corrected chi connectivity index (χ4v) is 2.74. The summed E-state index contributed by atoms with van der Waals surface area (Å²) in [5.74, 6) is 3.52. The molecule has 66 valence electrons. The van der Waals surface area contributed by atoms with Gasteiger partial charge in [0, 0.05) is 0 Å². The molecule has 2 aliphatic carbocycles. The molecule has 0 nitrogen and oxygen atoms in total. The standard InChI is InChI=1S/C12H18/c1-3-9(2)6-12-8-10-4-5-11(12)7-10/h3-5,9-12H,1,6-8H2,2H3. The molecule has 0 spiro atoms. The van der Waals surface area contributed by atoms with Crippen molar-refractivity contribution < 1.29 is 0 Å². The first-order chi connectivity index (χ1) is 5.79. The van der Waals surface area contributed by atoms with Gasteiger partial charge in [0.05, 0.1) is 0 Å². The van der Waals surface area contributed by atoms with Crippen LogP contribution in [0.25, 0.3) is 0 Å². The first kappa shape index (κ1) is 8.10. The van der Waals surface area contributed by atoms with Crippen LogP contribution in [-0.2, 0) is 0 Å². The first-order valence-corrected chi connectivity index (χ1v) is 5.10. The Bertz CT molecular complexity index is 202. The summed E-state index contributed by atoms with van der Waals surface area (Å²) in [5.41, 5.74) is 0. The third-order valence-corrected chi connectivity index (χ3v) is 3.49. The summed E-state index contributed by atoms with van der Waals surface area (Å²) in [6.07, 6.45) is 11.2. The van der Waals surface area contributed by atoms with Gasteiger partial charge in [-0.1, -0.05) is 25.2 Å². The van der Waals surface area contributed by atoms with Crippen molar-refractivity contribution in [2.45, 2.75) is 26.2 Å². The van der Waals surface area contributed by atoms with Gasteiger partial charge in [-0.05, 0) is 42.9 Å². The molecule has 2 aliphatic rings. The predicted molar refractivity (Wildman–Crippen MR) is 52.8 cm³/mol. The quantitative estimate of drug-likeness (QED) is 0.558. The van der Waals surface area contributed by atoms with Crippen LogP contribution in [0.2, 0.25) is 0 Å². The highest BCUT2D eigenvalue weighted by Crippen LogP contribution is 2.45. The second-order valence-electron chi connectivity index (χ2n) is 4.49. The van der Waals surface area contributed by atoms with Crippen molar-refractivity contribution in [2.75, 3.05) is 0 Å². The Morgan fingerprint density at radius 3 is 2.83 bits per heavy atom. The van der Waals surface area contributed by atoms with Crippen molar-refractivity contribution in [3.63, 3.8) is 0 Å². The van der Waals surface area contributed by atoms with E-state index in [9.17, 15) is 0 Å². The zero-order valence-electron chi connectivity index (χ0n) is 7.87. The van der Waals surface area contributed by atoms with E-state index >= 15 is 0 Å². The fourth-order valence-electron chi connectivity index (χ4n) is 2.74. The Balaban J connectivity index is 1.91. The Kier molecular flexibility index (Phi) is 2.08. The average molecular weight is 162 g/mol. The zero-order chi connectivity index (χ0) is 8.55. The second kappa shape index (κ2) is 3.08. The van der Waals surface area contributed by atoms with Crippen LogP contribution in [0.15, 0.2) is 24.8 Å². The van der Waals surface area contributed by atoms with Gasteiger partial charge in [-0.3, -0.25) is 0 Å². The van der Waals surface area contributed by atoms with Crippen molar-refractivity contribution in [3.8, 4) is 0 Å². The van der Waals surface area contributed by atoms with Crippen LogP contribution in [0.4, 0.5) is 0 Å². The highest BCUT2D eigenvalue weighted by atomic mass is 14.4. The molecule has 0 heterocycles. The molecule has 0 aliphatic heterocycles. The molecule has 0 saturated heterocycles. The van der Waals surface area contributed by atoms with Crippen LogP contribution in [0, 0.1) is 23.7 Å². The summed E-state index contributed by atoms with van der Waals surface area (Å²) in [7, 11) is 0. The van der Waals surface area contributed by atoms with Gasteiger partial charge in [0.1, 0.15) is 0 Å². The largest absolute Gasteiger partial charge is 0.103 e. The Labute approximate surface area is 75.4 Å². The number of fused-ring (bicyclic) bond motifs is 2. The summed E-state index contributed by atoms with van der Waals surface area (Å²) >= 11 is 0. The van der Waals surface area contributed by atoms with E-state index in [1.165, 1.54) is 19.3 Å². The van der Waals surface area contributed by atoms with E-state index in [4.69, 9.17) is 0 Å². The van der Waals surface area contributed by atoms with Crippen LogP contribution in [0.5, 0.6) is 0 Å². The molecule has 0 amide bonds. The summed E-state index contributed by atoms with van der Waals surface area (Å²) in [6, 6.07) is 0. The van der Waals surface area contributed by atoms with Crippen molar-refractivity contribution in [3.05, 3.63) is 24.8 Å². The molecule has 2 rings (SSSR count). The topological polar surface area (TPSA) is 0 Å². The Morgan fingerprint density at radius 1 is 1.50 bits per heavy atom. The van der Waals surface area contributed by atoms with Crippen LogP contribution in [0.3, 0.4) is 0 Å². The summed E-state index contributed by atoms with van der Waals surface area (Å²) in [6.45, 7) is 6.13. The smallest absolute Gasteiger partial charge is 0.0199 e. The molecule has 0 N–H and O–H groups in total. The summed E-state index contributed by atoms with van der Waals surface area (Å²) in [4.78, 5) is 0. The lowest BCUT2D eigenvalue weighted by molar-refractivity contribution is 0.376. The minimum atomic E-state index is 0.711. The molecule has 0 heteroatoms. The Hall–Kier alpha value is -0.520. The molecule has 1 fully saturated rings. The molecule has 0 aromatic carbocycles. The lowest BCUT2D eigenvalue weighted by atomic mass is 9.86. The van der Waals surface area contributed by atoms with Crippen molar-refractivity contribution in [2.24, 2.45) is 23.7 Å². The SMILES string of the molecule is C=CC(C)CC1CC2C=CC1C2. The Morgan fingerprint density at radius 2 is 2.33 bits per heavy atom. The minimum absolute atomic E-state index is 0.711. The van der Waals surface area contributed by atoms with Gasteiger partial charge in [-0.25, -0.2) is 0 Å². The van der Waals surface area contributed by atoms with Gasteiger partial charge in [0.15, 0.2) is 0 Å². The molecular weight excluding hydrogens is 144 g/mol. The van der Waals surface area contributed by atoms with Gasteiger partial charge < -0.3 is 0 Å². The van der Waals surface area contributed by atoms with Crippen molar-refractivity contribution in [1.82, 2.24) is 0 Å². The maximum atomic E-state index is 3.85. The van der Waals surface area contributed by atoms with Crippen LogP contribution in [-0.4, -0.2) is 0 Å². The van der Waals surface area contributed by atoms with Gasteiger partial charge in [-0.2, -0.15) is 0 Å². The van der Waals surface area contributed by atoms with E-state index in [-0.39, 0.29) is 0 Å². The maximum Gasteiger partial charge on any atom is -0.0199 e. The normalized spacial score (nSPS) is 40.2. The maximum absolute atomic E-state index is 3.85. The number of hydrogen-bond acceptors (Lipinski definition) is 0. The molecule has 4 unspecified atom stereocenters. The van der Waals surface area contributed by atoms with Crippen LogP contribution in [0.1, 0.15) is 26.2 Å². The zero-order valence-corrected chi connectivity index (χ0v) is 7.87. The van der Waals surface area contributed by atoms with Gasteiger partial charge in [-0.15, -0.1) is 6.58 Å².